The SMILES string of the molecule is CNSc1cccc(CCCCC(=O)NC(C(=O)N2CCCC2C(=O)O)C2CCCCC2)c1. The topological polar surface area (TPSA) is 98.7 Å². The number of benzene rings is 1. The van der Waals surface area contributed by atoms with Crippen molar-refractivity contribution in [1.82, 2.24) is 14.9 Å². The first-order chi connectivity index (χ1) is 16.0. The second-order valence-electron chi connectivity index (χ2n) is 9.13. The summed E-state index contributed by atoms with van der Waals surface area (Å²) in [5.74, 6) is -1.17. The summed E-state index contributed by atoms with van der Waals surface area (Å²) in [6.07, 6.45) is 9.19. The lowest BCUT2D eigenvalue weighted by Gasteiger charge is -2.34. The Morgan fingerprint density at radius 1 is 1.12 bits per heavy atom. The smallest absolute Gasteiger partial charge is 0.326 e. The first-order valence-electron chi connectivity index (χ1n) is 12.2. The van der Waals surface area contributed by atoms with Crippen molar-refractivity contribution in [3.05, 3.63) is 29.8 Å². The Morgan fingerprint density at radius 3 is 2.64 bits per heavy atom. The van der Waals surface area contributed by atoms with Crippen molar-refractivity contribution >= 4 is 29.7 Å². The first kappa shape index (κ1) is 25.6. The summed E-state index contributed by atoms with van der Waals surface area (Å²) in [7, 11) is 1.90. The van der Waals surface area contributed by atoms with E-state index in [4.69, 9.17) is 0 Å². The largest absolute Gasteiger partial charge is 0.480 e. The molecular formula is C25H37N3O4S. The Hall–Kier alpha value is -2.06. The Morgan fingerprint density at radius 2 is 1.91 bits per heavy atom. The molecule has 1 aliphatic carbocycles. The number of carboxylic acids is 1. The van der Waals surface area contributed by atoms with Gasteiger partial charge in [0.1, 0.15) is 12.1 Å². The Bertz CT molecular complexity index is 813. The second-order valence-corrected chi connectivity index (χ2v) is 10.2. The quantitative estimate of drug-likeness (QED) is 0.333. The summed E-state index contributed by atoms with van der Waals surface area (Å²) in [6, 6.07) is 7.01. The summed E-state index contributed by atoms with van der Waals surface area (Å²) in [5.41, 5.74) is 1.25. The van der Waals surface area contributed by atoms with Gasteiger partial charge in [0.15, 0.2) is 0 Å². The lowest BCUT2D eigenvalue weighted by molar-refractivity contribution is -0.150. The van der Waals surface area contributed by atoms with Crippen molar-refractivity contribution in [3.63, 3.8) is 0 Å². The monoisotopic (exact) mass is 475 g/mol. The van der Waals surface area contributed by atoms with Gasteiger partial charge in [0.05, 0.1) is 0 Å². The van der Waals surface area contributed by atoms with Crippen LogP contribution in [-0.4, -0.2) is 53.5 Å². The molecule has 1 aromatic rings. The highest BCUT2D eigenvalue weighted by Gasteiger charge is 2.40. The molecule has 3 rings (SSSR count). The fraction of sp³-hybridized carbons (Fsp3) is 0.640. The lowest BCUT2D eigenvalue weighted by Crippen LogP contribution is -2.55. The summed E-state index contributed by atoms with van der Waals surface area (Å²) < 4.78 is 3.08. The molecule has 7 nitrogen and oxygen atoms in total. The van der Waals surface area contributed by atoms with Gasteiger partial charge in [0.2, 0.25) is 11.8 Å². The second kappa shape index (κ2) is 13.0. The maximum Gasteiger partial charge on any atom is 0.326 e. The molecule has 0 aromatic heterocycles. The molecule has 2 unspecified atom stereocenters. The minimum Gasteiger partial charge on any atom is -0.480 e. The minimum absolute atomic E-state index is 0.0951. The van der Waals surface area contributed by atoms with Crippen LogP contribution in [0.15, 0.2) is 29.2 Å². The summed E-state index contributed by atoms with van der Waals surface area (Å²) in [4.78, 5) is 40.4. The number of carbonyl (C=O) groups is 3. The van der Waals surface area contributed by atoms with E-state index >= 15 is 0 Å². The summed E-state index contributed by atoms with van der Waals surface area (Å²) in [5, 5.41) is 12.5. The molecule has 0 spiro atoms. The number of aryl methyl sites for hydroxylation is 1. The average Bonchev–Trinajstić information content (AvgIpc) is 3.31. The predicted molar refractivity (Wildman–Crippen MR) is 130 cm³/mol. The summed E-state index contributed by atoms with van der Waals surface area (Å²) >= 11 is 1.58. The average molecular weight is 476 g/mol. The van der Waals surface area contributed by atoms with E-state index in [1.54, 1.807) is 11.9 Å². The molecule has 1 aliphatic heterocycles. The van der Waals surface area contributed by atoms with E-state index in [-0.39, 0.29) is 17.7 Å². The molecule has 1 aromatic carbocycles. The van der Waals surface area contributed by atoms with Crippen LogP contribution in [-0.2, 0) is 20.8 Å². The molecule has 182 valence electrons. The number of likely N-dealkylation sites (tertiary alicyclic amines) is 1. The van der Waals surface area contributed by atoms with Crippen molar-refractivity contribution in [1.29, 1.82) is 0 Å². The lowest BCUT2D eigenvalue weighted by atomic mass is 9.83. The Kier molecular flexibility index (Phi) is 10.1. The minimum atomic E-state index is -0.952. The van der Waals surface area contributed by atoms with Gasteiger partial charge in [-0.05, 0) is 87.6 Å². The molecule has 1 heterocycles. The van der Waals surface area contributed by atoms with Crippen molar-refractivity contribution in [3.8, 4) is 0 Å². The molecule has 1 saturated heterocycles. The highest BCUT2D eigenvalue weighted by molar-refractivity contribution is 7.97. The molecule has 33 heavy (non-hydrogen) atoms. The van der Waals surface area contributed by atoms with Crippen LogP contribution in [0.2, 0.25) is 0 Å². The van der Waals surface area contributed by atoms with Crippen LogP contribution in [0.1, 0.15) is 69.8 Å². The molecule has 2 amide bonds. The van der Waals surface area contributed by atoms with E-state index < -0.39 is 18.1 Å². The van der Waals surface area contributed by atoms with E-state index in [9.17, 15) is 19.5 Å². The van der Waals surface area contributed by atoms with Gasteiger partial charge in [0.25, 0.3) is 0 Å². The number of aliphatic carboxylic acids is 1. The first-order valence-corrected chi connectivity index (χ1v) is 13.1. The molecule has 2 atom stereocenters. The van der Waals surface area contributed by atoms with Crippen LogP contribution in [0.25, 0.3) is 0 Å². The van der Waals surface area contributed by atoms with Crippen LogP contribution in [0.5, 0.6) is 0 Å². The number of rotatable bonds is 11. The number of hydrogen-bond donors (Lipinski definition) is 3. The van der Waals surface area contributed by atoms with Gasteiger partial charge in [-0.1, -0.05) is 31.4 Å². The molecule has 0 bridgehead atoms. The van der Waals surface area contributed by atoms with Gasteiger partial charge in [-0.15, -0.1) is 0 Å². The number of carboxylic acid groups (broad SMARTS) is 1. The van der Waals surface area contributed by atoms with Gasteiger partial charge in [-0.2, -0.15) is 0 Å². The highest BCUT2D eigenvalue weighted by atomic mass is 32.2. The molecule has 0 radical (unpaired) electrons. The van der Waals surface area contributed by atoms with Crippen molar-refractivity contribution in [2.45, 2.75) is 87.6 Å². The third kappa shape index (κ3) is 7.47. The van der Waals surface area contributed by atoms with Crippen LogP contribution in [0, 0.1) is 5.92 Å². The number of nitrogens with one attached hydrogen (secondary N) is 2. The predicted octanol–water partition coefficient (Wildman–Crippen LogP) is 3.77. The van der Waals surface area contributed by atoms with Crippen LogP contribution >= 0.6 is 11.9 Å². The van der Waals surface area contributed by atoms with Gasteiger partial charge in [-0.3, -0.25) is 14.3 Å². The van der Waals surface area contributed by atoms with E-state index in [1.165, 1.54) is 15.4 Å². The van der Waals surface area contributed by atoms with Crippen LogP contribution in [0.3, 0.4) is 0 Å². The Labute approximate surface area is 201 Å². The van der Waals surface area contributed by atoms with Gasteiger partial charge >= 0.3 is 5.97 Å². The molecule has 2 fully saturated rings. The van der Waals surface area contributed by atoms with Crippen LogP contribution in [0.4, 0.5) is 0 Å². The van der Waals surface area contributed by atoms with E-state index in [0.717, 1.165) is 51.4 Å². The zero-order valence-electron chi connectivity index (χ0n) is 19.6. The van der Waals surface area contributed by atoms with Gasteiger partial charge < -0.3 is 15.3 Å². The van der Waals surface area contributed by atoms with Gasteiger partial charge in [0, 0.05) is 17.9 Å². The van der Waals surface area contributed by atoms with E-state index in [1.807, 2.05) is 13.1 Å². The van der Waals surface area contributed by atoms with Crippen LogP contribution < -0.4 is 10.0 Å². The fourth-order valence-corrected chi connectivity index (χ4v) is 5.65. The molecular weight excluding hydrogens is 438 g/mol. The number of unbranched alkanes of at least 4 members (excludes halogenated alkanes) is 1. The number of hydrogen-bond acceptors (Lipinski definition) is 5. The summed E-state index contributed by atoms with van der Waals surface area (Å²) in [6.45, 7) is 0.458. The zero-order valence-corrected chi connectivity index (χ0v) is 20.4. The van der Waals surface area contributed by atoms with Crippen molar-refractivity contribution < 1.29 is 19.5 Å². The standard InChI is InChI=1S/C25H37N3O4S/c1-26-33-20-13-7-10-18(17-20)9-5-6-15-22(29)27-23(19-11-3-2-4-12-19)24(30)28-16-8-14-21(28)25(31)32/h7,10,13,17,19,21,23,26H,2-6,8-9,11-12,14-16H2,1H3,(H,27,29)(H,31,32). The van der Waals surface area contributed by atoms with Gasteiger partial charge in [-0.25, -0.2) is 4.79 Å². The normalized spacial score (nSPS) is 19.9. The maximum atomic E-state index is 13.3. The third-order valence-electron chi connectivity index (χ3n) is 6.76. The molecule has 8 heteroatoms. The number of amides is 2. The number of nitrogens with zero attached hydrogens (tertiary/aromatic N) is 1. The Balaban J connectivity index is 1.53. The van der Waals surface area contributed by atoms with E-state index in [0.29, 0.717) is 25.8 Å². The zero-order chi connectivity index (χ0) is 23.6. The molecule has 1 saturated carbocycles. The number of carbonyl (C=O) groups excluding carboxylic acids is 2. The molecule has 3 N–H and O–H groups in total. The highest BCUT2D eigenvalue weighted by Crippen LogP contribution is 2.29. The van der Waals surface area contributed by atoms with Crippen molar-refractivity contribution in [2.24, 2.45) is 5.92 Å². The van der Waals surface area contributed by atoms with Crippen molar-refractivity contribution in [2.75, 3.05) is 13.6 Å². The third-order valence-corrected chi connectivity index (χ3v) is 7.46. The van der Waals surface area contributed by atoms with E-state index in [2.05, 4.69) is 28.2 Å². The molecule has 2 aliphatic rings. The fourth-order valence-electron chi connectivity index (χ4n) is 5.06. The maximum absolute atomic E-state index is 13.3.